The van der Waals surface area contributed by atoms with Crippen molar-refractivity contribution in [3.05, 3.63) is 59.4 Å². The summed E-state index contributed by atoms with van der Waals surface area (Å²) in [5, 5.41) is 2.75. The molecular formula is C14H14FN3O. The number of hydrogen-bond acceptors (Lipinski definition) is 3. The normalized spacial score (nSPS) is 10.2. The van der Waals surface area contributed by atoms with Gasteiger partial charge >= 0.3 is 0 Å². The van der Waals surface area contributed by atoms with Gasteiger partial charge in [-0.05, 0) is 31.0 Å². The fraction of sp³-hybridized carbons (Fsp3) is 0.214. The van der Waals surface area contributed by atoms with Crippen LogP contribution in [0.25, 0.3) is 0 Å². The van der Waals surface area contributed by atoms with Crippen molar-refractivity contribution in [3.63, 3.8) is 0 Å². The summed E-state index contributed by atoms with van der Waals surface area (Å²) in [5.74, 6) is -0.513. The van der Waals surface area contributed by atoms with Gasteiger partial charge in [0.15, 0.2) is 0 Å². The fourth-order valence-electron chi connectivity index (χ4n) is 1.63. The molecule has 19 heavy (non-hydrogen) atoms. The molecular weight excluding hydrogens is 245 g/mol. The highest BCUT2D eigenvalue weighted by atomic mass is 19.1. The maximum Gasteiger partial charge on any atom is 0.271 e. The van der Waals surface area contributed by atoms with E-state index in [-0.39, 0.29) is 11.7 Å². The van der Waals surface area contributed by atoms with Gasteiger partial charge in [-0.2, -0.15) is 0 Å². The Labute approximate surface area is 110 Å². The Kier molecular flexibility index (Phi) is 4.18. The minimum Gasteiger partial charge on any atom is -0.350 e. The maximum atomic E-state index is 12.7. The molecule has 0 atom stereocenters. The van der Waals surface area contributed by atoms with Gasteiger partial charge in [-0.3, -0.25) is 9.78 Å². The molecule has 0 unspecified atom stereocenters. The standard InChI is InChI=1S/C14H14FN3O/c1-10-8-16-9-13(18-10)14(19)17-7-6-11-2-4-12(15)5-3-11/h2-5,8-9H,6-7H2,1H3,(H,17,19). The molecule has 98 valence electrons. The third-order valence-corrected chi connectivity index (χ3v) is 2.60. The van der Waals surface area contributed by atoms with Crippen LogP contribution in [0.4, 0.5) is 4.39 Å². The van der Waals surface area contributed by atoms with Gasteiger partial charge in [-0.1, -0.05) is 12.1 Å². The lowest BCUT2D eigenvalue weighted by Gasteiger charge is -2.05. The number of nitrogens with one attached hydrogen (secondary N) is 1. The number of benzene rings is 1. The Morgan fingerprint density at radius 2 is 2.00 bits per heavy atom. The van der Waals surface area contributed by atoms with E-state index >= 15 is 0 Å². The third kappa shape index (κ3) is 3.84. The van der Waals surface area contributed by atoms with Crippen LogP contribution in [0.15, 0.2) is 36.7 Å². The molecule has 0 aliphatic rings. The number of aromatic nitrogens is 2. The average Bonchev–Trinajstić information content (AvgIpc) is 2.41. The van der Waals surface area contributed by atoms with E-state index in [0.717, 1.165) is 5.56 Å². The quantitative estimate of drug-likeness (QED) is 0.912. The zero-order valence-corrected chi connectivity index (χ0v) is 10.6. The van der Waals surface area contributed by atoms with E-state index in [1.54, 1.807) is 25.3 Å². The number of rotatable bonds is 4. The SMILES string of the molecule is Cc1cncc(C(=O)NCCc2ccc(F)cc2)n1. The van der Waals surface area contributed by atoms with Crippen molar-refractivity contribution in [1.82, 2.24) is 15.3 Å². The highest BCUT2D eigenvalue weighted by Gasteiger charge is 2.06. The average molecular weight is 259 g/mol. The lowest BCUT2D eigenvalue weighted by atomic mass is 10.1. The zero-order chi connectivity index (χ0) is 13.7. The Balaban J connectivity index is 1.86. The second-order valence-corrected chi connectivity index (χ2v) is 4.18. The van der Waals surface area contributed by atoms with Crippen molar-refractivity contribution in [3.8, 4) is 0 Å². The molecule has 0 radical (unpaired) electrons. The molecule has 2 aromatic rings. The summed E-state index contributed by atoms with van der Waals surface area (Å²) in [4.78, 5) is 19.8. The van der Waals surface area contributed by atoms with Crippen molar-refractivity contribution in [2.45, 2.75) is 13.3 Å². The molecule has 2 rings (SSSR count). The molecule has 5 heteroatoms. The van der Waals surface area contributed by atoms with Gasteiger partial charge in [0, 0.05) is 12.7 Å². The number of amides is 1. The number of carbonyl (C=O) groups is 1. The van der Waals surface area contributed by atoms with Crippen LogP contribution in [-0.2, 0) is 6.42 Å². The predicted molar refractivity (Wildman–Crippen MR) is 69.2 cm³/mol. The fourth-order valence-corrected chi connectivity index (χ4v) is 1.63. The molecule has 1 aromatic carbocycles. The summed E-state index contributed by atoms with van der Waals surface area (Å²) < 4.78 is 12.7. The topological polar surface area (TPSA) is 54.9 Å². The molecule has 1 N–H and O–H groups in total. The largest absolute Gasteiger partial charge is 0.350 e. The van der Waals surface area contributed by atoms with E-state index in [0.29, 0.717) is 24.4 Å². The number of nitrogens with zero attached hydrogens (tertiary/aromatic N) is 2. The minimum atomic E-state index is -0.261. The van der Waals surface area contributed by atoms with Crippen LogP contribution in [0.5, 0.6) is 0 Å². The molecule has 0 spiro atoms. The summed E-state index contributed by atoms with van der Waals surface area (Å²) in [7, 11) is 0. The lowest BCUT2D eigenvalue weighted by Crippen LogP contribution is -2.26. The molecule has 0 aliphatic carbocycles. The van der Waals surface area contributed by atoms with Gasteiger partial charge in [0.1, 0.15) is 11.5 Å². The summed E-state index contributed by atoms with van der Waals surface area (Å²) in [5.41, 5.74) is 1.97. The second kappa shape index (κ2) is 6.04. The number of halogens is 1. The number of aryl methyl sites for hydroxylation is 1. The first kappa shape index (κ1) is 13.1. The molecule has 0 saturated heterocycles. The van der Waals surface area contributed by atoms with Crippen LogP contribution >= 0.6 is 0 Å². The summed E-state index contributed by atoms with van der Waals surface area (Å²) >= 11 is 0. The van der Waals surface area contributed by atoms with Crippen LogP contribution < -0.4 is 5.32 Å². The van der Waals surface area contributed by atoms with Crippen LogP contribution in [0.3, 0.4) is 0 Å². The van der Waals surface area contributed by atoms with Crippen LogP contribution in [0.2, 0.25) is 0 Å². The first-order chi connectivity index (χ1) is 9.15. The molecule has 4 nitrogen and oxygen atoms in total. The Hall–Kier alpha value is -2.30. The van der Waals surface area contributed by atoms with Gasteiger partial charge in [-0.25, -0.2) is 9.37 Å². The van der Waals surface area contributed by atoms with Crippen molar-refractivity contribution >= 4 is 5.91 Å². The first-order valence-electron chi connectivity index (χ1n) is 5.96. The Bertz CT molecular complexity index is 569. The first-order valence-corrected chi connectivity index (χ1v) is 5.96. The van der Waals surface area contributed by atoms with E-state index in [2.05, 4.69) is 15.3 Å². The van der Waals surface area contributed by atoms with Gasteiger partial charge < -0.3 is 5.32 Å². The van der Waals surface area contributed by atoms with Gasteiger partial charge in [-0.15, -0.1) is 0 Å². The van der Waals surface area contributed by atoms with Crippen LogP contribution in [0, 0.1) is 12.7 Å². The van der Waals surface area contributed by atoms with Crippen molar-refractivity contribution in [2.24, 2.45) is 0 Å². The van der Waals surface area contributed by atoms with Crippen LogP contribution in [-0.4, -0.2) is 22.4 Å². The molecule has 1 amide bonds. The molecule has 0 aliphatic heterocycles. The Morgan fingerprint density at radius 1 is 1.26 bits per heavy atom. The van der Waals surface area contributed by atoms with E-state index in [9.17, 15) is 9.18 Å². The second-order valence-electron chi connectivity index (χ2n) is 4.18. The van der Waals surface area contributed by atoms with Crippen molar-refractivity contribution < 1.29 is 9.18 Å². The zero-order valence-electron chi connectivity index (χ0n) is 10.6. The highest BCUT2D eigenvalue weighted by molar-refractivity contribution is 5.91. The highest BCUT2D eigenvalue weighted by Crippen LogP contribution is 2.03. The summed E-state index contributed by atoms with van der Waals surface area (Å²) in [6.45, 7) is 2.25. The molecule has 0 bridgehead atoms. The monoisotopic (exact) mass is 259 g/mol. The molecule has 0 saturated carbocycles. The number of carbonyl (C=O) groups excluding carboxylic acids is 1. The van der Waals surface area contributed by atoms with Gasteiger partial charge in [0.2, 0.25) is 0 Å². The minimum absolute atomic E-state index is 0.252. The van der Waals surface area contributed by atoms with Gasteiger partial charge in [0.05, 0.1) is 11.9 Å². The summed E-state index contributed by atoms with van der Waals surface area (Å²) in [6, 6.07) is 6.22. The van der Waals surface area contributed by atoms with E-state index in [1.807, 2.05) is 0 Å². The van der Waals surface area contributed by atoms with E-state index in [4.69, 9.17) is 0 Å². The lowest BCUT2D eigenvalue weighted by molar-refractivity contribution is 0.0948. The van der Waals surface area contributed by atoms with E-state index in [1.165, 1.54) is 18.3 Å². The molecule has 1 aromatic heterocycles. The van der Waals surface area contributed by atoms with Crippen molar-refractivity contribution in [1.29, 1.82) is 0 Å². The Morgan fingerprint density at radius 3 is 2.68 bits per heavy atom. The van der Waals surface area contributed by atoms with E-state index < -0.39 is 0 Å². The van der Waals surface area contributed by atoms with Gasteiger partial charge in [0.25, 0.3) is 5.91 Å². The number of hydrogen-bond donors (Lipinski definition) is 1. The molecule has 0 fully saturated rings. The van der Waals surface area contributed by atoms with Crippen molar-refractivity contribution in [2.75, 3.05) is 6.54 Å². The summed E-state index contributed by atoms with van der Waals surface area (Å²) in [6.07, 6.45) is 3.67. The third-order valence-electron chi connectivity index (χ3n) is 2.60. The molecule has 1 heterocycles. The predicted octanol–water partition coefficient (Wildman–Crippen LogP) is 1.90. The van der Waals surface area contributed by atoms with Crippen LogP contribution in [0.1, 0.15) is 21.7 Å². The maximum absolute atomic E-state index is 12.7. The smallest absolute Gasteiger partial charge is 0.271 e.